The summed E-state index contributed by atoms with van der Waals surface area (Å²) < 4.78 is 5.71. The van der Waals surface area contributed by atoms with Gasteiger partial charge in [-0.1, -0.05) is 12.1 Å². The first kappa shape index (κ1) is 20.4. The Morgan fingerprint density at radius 1 is 1.15 bits per heavy atom. The fraction of sp³-hybridized carbons (Fsp3) is 0.350. The number of pyridine rings is 1. The highest BCUT2D eigenvalue weighted by Crippen LogP contribution is 2.25. The molecule has 2 N–H and O–H groups in total. The van der Waals surface area contributed by atoms with Crippen molar-refractivity contribution < 1.29 is 14.3 Å². The van der Waals surface area contributed by atoms with Crippen LogP contribution in [0.25, 0.3) is 0 Å². The van der Waals surface area contributed by atoms with Gasteiger partial charge >= 0.3 is 0 Å². The lowest BCUT2D eigenvalue weighted by Gasteiger charge is -2.15. The molecule has 0 atom stereocenters. The van der Waals surface area contributed by atoms with E-state index in [1.807, 2.05) is 45.0 Å². The summed E-state index contributed by atoms with van der Waals surface area (Å²) in [5.74, 6) is -0.0499. The van der Waals surface area contributed by atoms with Crippen LogP contribution in [0.15, 0.2) is 42.6 Å². The Morgan fingerprint density at radius 2 is 1.89 bits per heavy atom. The molecule has 0 bridgehead atoms. The minimum absolute atomic E-state index is 0.0126. The van der Waals surface area contributed by atoms with Crippen molar-refractivity contribution in [1.82, 2.24) is 15.2 Å². The van der Waals surface area contributed by atoms with E-state index in [4.69, 9.17) is 4.74 Å². The van der Waals surface area contributed by atoms with Crippen LogP contribution in [0.4, 0.5) is 5.69 Å². The van der Waals surface area contributed by atoms with Crippen molar-refractivity contribution in [2.45, 2.75) is 20.0 Å². The van der Waals surface area contributed by atoms with Crippen molar-refractivity contribution in [2.75, 3.05) is 32.5 Å². The van der Waals surface area contributed by atoms with Gasteiger partial charge in [0.1, 0.15) is 11.4 Å². The summed E-state index contributed by atoms with van der Waals surface area (Å²) in [5, 5.41) is 5.61. The number of carbonyl (C=O) groups excluding carboxylic acids is 2. The molecule has 0 saturated heterocycles. The number of carbonyl (C=O) groups is 2. The number of hydrogen-bond acceptors (Lipinski definition) is 5. The number of nitrogens with zero attached hydrogens (tertiary/aromatic N) is 2. The van der Waals surface area contributed by atoms with Crippen LogP contribution in [-0.4, -0.2) is 55.0 Å². The van der Waals surface area contributed by atoms with Gasteiger partial charge in [0, 0.05) is 24.8 Å². The first-order valence-corrected chi connectivity index (χ1v) is 8.83. The summed E-state index contributed by atoms with van der Waals surface area (Å²) in [6, 6.07) is 10.3. The average Bonchev–Trinajstić information content (AvgIpc) is 2.62. The summed E-state index contributed by atoms with van der Waals surface area (Å²) in [6.07, 6.45) is 1.44. The predicted octanol–water partition coefficient (Wildman–Crippen LogP) is 2.41. The number of benzene rings is 1. The summed E-state index contributed by atoms with van der Waals surface area (Å²) in [6.45, 7) is 5.06. The zero-order chi connectivity index (χ0) is 19.8. The molecule has 2 aromatic rings. The quantitative estimate of drug-likeness (QED) is 0.746. The second-order valence-electron chi connectivity index (χ2n) is 6.61. The van der Waals surface area contributed by atoms with E-state index in [0.717, 1.165) is 6.54 Å². The van der Waals surface area contributed by atoms with Crippen LogP contribution in [0.5, 0.6) is 5.75 Å². The molecular formula is C20H26N4O3. The van der Waals surface area contributed by atoms with E-state index in [0.29, 0.717) is 23.5 Å². The Balaban J connectivity index is 2.08. The Kier molecular flexibility index (Phi) is 7.31. The zero-order valence-corrected chi connectivity index (χ0v) is 16.2. The van der Waals surface area contributed by atoms with E-state index >= 15 is 0 Å². The molecule has 2 amide bonds. The number of hydrogen-bond donors (Lipinski definition) is 2. The average molecular weight is 370 g/mol. The van der Waals surface area contributed by atoms with E-state index < -0.39 is 0 Å². The maximum Gasteiger partial charge on any atom is 0.269 e. The van der Waals surface area contributed by atoms with Gasteiger partial charge in [0.25, 0.3) is 11.8 Å². The largest absolute Gasteiger partial charge is 0.489 e. The standard InChI is InChI=1S/C20H26N4O3/c1-14(2)27-18-8-6-5-7-16(18)23-19(25)15-9-10-21-17(13-15)20(26)22-11-12-24(3)4/h5-10,13-14H,11-12H2,1-4H3,(H,22,26)(H,23,25). The van der Waals surface area contributed by atoms with Gasteiger partial charge in [-0.2, -0.15) is 0 Å². The third-order valence-electron chi connectivity index (χ3n) is 3.60. The van der Waals surface area contributed by atoms with E-state index in [9.17, 15) is 9.59 Å². The molecule has 1 aromatic heterocycles. The summed E-state index contributed by atoms with van der Waals surface area (Å²) in [4.78, 5) is 30.8. The minimum atomic E-state index is -0.334. The molecule has 27 heavy (non-hydrogen) atoms. The monoisotopic (exact) mass is 370 g/mol. The van der Waals surface area contributed by atoms with Gasteiger partial charge in [-0.25, -0.2) is 0 Å². The maximum atomic E-state index is 12.6. The highest BCUT2D eigenvalue weighted by molar-refractivity contribution is 6.06. The van der Waals surface area contributed by atoms with Crippen molar-refractivity contribution in [3.8, 4) is 5.75 Å². The normalized spacial score (nSPS) is 10.7. The molecule has 0 unspecified atom stereocenters. The molecule has 144 valence electrons. The second-order valence-corrected chi connectivity index (χ2v) is 6.61. The highest BCUT2D eigenvalue weighted by atomic mass is 16.5. The van der Waals surface area contributed by atoms with Crippen LogP contribution < -0.4 is 15.4 Å². The maximum absolute atomic E-state index is 12.6. The lowest BCUT2D eigenvalue weighted by Crippen LogP contribution is -2.32. The van der Waals surface area contributed by atoms with Crippen molar-refractivity contribution in [1.29, 1.82) is 0 Å². The van der Waals surface area contributed by atoms with E-state index in [-0.39, 0.29) is 23.6 Å². The lowest BCUT2D eigenvalue weighted by molar-refractivity contribution is 0.0946. The number of rotatable bonds is 8. The number of anilines is 1. The molecule has 7 heteroatoms. The van der Waals surface area contributed by atoms with E-state index in [1.54, 1.807) is 18.2 Å². The van der Waals surface area contributed by atoms with Crippen LogP contribution >= 0.6 is 0 Å². The number of amides is 2. The van der Waals surface area contributed by atoms with Crippen LogP contribution in [0, 0.1) is 0 Å². The minimum Gasteiger partial charge on any atom is -0.489 e. The van der Waals surface area contributed by atoms with Crippen molar-refractivity contribution in [3.63, 3.8) is 0 Å². The summed E-state index contributed by atoms with van der Waals surface area (Å²) in [5.41, 5.74) is 1.13. The van der Waals surface area contributed by atoms with Crippen LogP contribution in [-0.2, 0) is 0 Å². The second kappa shape index (κ2) is 9.68. The van der Waals surface area contributed by atoms with Crippen molar-refractivity contribution >= 4 is 17.5 Å². The Morgan fingerprint density at radius 3 is 2.59 bits per heavy atom. The Bertz CT molecular complexity index is 790. The molecule has 0 saturated carbocycles. The zero-order valence-electron chi connectivity index (χ0n) is 16.2. The van der Waals surface area contributed by atoms with Gasteiger partial charge in [0.05, 0.1) is 11.8 Å². The molecule has 7 nitrogen and oxygen atoms in total. The molecule has 0 aliphatic heterocycles. The van der Waals surface area contributed by atoms with Crippen LogP contribution in [0.3, 0.4) is 0 Å². The molecule has 0 radical (unpaired) electrons. The molecule has 0 fully saturated rings. The van der Waals surface area contributed by atoms with E-state index in [2.05, 4.69) is 15.6 Å². The molecular weight excluding hydrogens is 344 g/mol. The van der Waals surface area contributed by atoms with Gasteiger partial charge in [-0.3, -0.25) is 14.6 Å². The molecule has 0 spiro atoms. The Labute approximate surface area is 159 Å². The molecule has 1 heterocycles. The highest BCUT2D eigenvalue weighted by Gasteiger charge is 2.14. The van der Waals surface area contributed by atoms with Crippen molar-refractivity contribution in [3.05, 3.63) is 53.9 Å². The molecule has 0 aliphatic carbocycles. The Hall–Kier alpha value is -2.93. The molecule has 2 rings (SSSR count). The number of para-hydroxylation sites is 2. The van der Waals surface area contributed by atoms with Crippen LogP contribution in [0.1, 0.15) is 34.7 Å². The third kappa shape index (κ3) is 6.38. The lowest BCUT2D eigenvalue weighted by atomic mass is 10.2. The van der Waals surface area contributed by atoms with E-state index in [1.165, 1.54) is 12.3 Å². The molecule has 1 aromatic carbocycles. The van der Waals surface area contributed by atoms with Gasteiger partial charge in [0.2, 0.25) is 0 Å². The van der Waals surface area contributed by atoms with Gasteiger partial charge in [-0.15, -0.1) is 0 Å². The smallest absolute Gasteiger partial charge is 0.269 e. The number of ether oxygens (including phenoxy) is 1. The summed E-state index contributed by atoms with van der Waals surface area (Å²) >= 11 is 0. The first-order chi connectivity index (χ1) is 12.9. The predicted molar refractivity (Wildman–Crippen MR) is 105 cm³/mol. The fourth-order valence-electron chi connectivity index (χ4n) is 2.30. The number of aromatic nitrogens is 1. The molecule has 0 aliphatic rings. The van der Waals surface area contributed by atoms with Gasteiger partial charge in [0.15, 0.2) is 0 Å². The van der Waals surface area contributed by atoms with Crippen LogP contribution in [0.2, 0.25) is 0 Å². The van der Waals surface area contributed by atoms with Gasteiger partial charge in [-0.05, 0) is 52.2 Å². The SMILES string of the molecule is CC(C)Oc1ccccc1NC(=O)c1ccnc(C(=O)NCCN(C)C)c1. The van der Waals surface area contributed by atoms with Crippen molar-refractivity contribution in [2.24, 2.45) is 0 Å². The topological polar surface area (TPSA) is 83.6 Å². The fourth-order valence-corrected chi connectivity index (χ4v) is 2.30. The summed E-state index contributed by atoms with van der Waals surface area (Å²) in [7, 11) is 3.85. The first-order valence-electron chi connectivity index (χ1n) is 8.83. The number of likely N-dealkylation sites (N-methyl/N-ethyl adjacent to an activating group) is 1. The number of nitrogens with one attached hydrogen (secondary N) is 2. The van der Waals surface area contributed by atoms with Gasteiger partial charge < -0.3 is 20.3 Å². The third-order valence-corrected chi connectivity index (χ3v) is 3.60.